The van der Waals surface area contributed by atoms with Gasteiger partial charge in [0.1, 0.15) is 0 Å². The summed E-state index contributed by atoms with van der Waals surface area (Å²) in [5.74, 6) is 0.919. The van der Waals surface area contributed by atoms with Crippen LogP contribution in [0, 0.1) is 5.41 Å². The van der Waals surface area contributed by atoms with Gasteiger partial charge in [-0.25, -0.2) is 4.98 Å². The first-order chi connectivity index (χ1) is 9.72. The van der Waals surface area contributed by atoms with E-state index in [9.17, 15) is 4.79 Å². The van der Waals surface area contributed by atoms with Gasteiger partial charge in [-0.2, -0.15) is 0 Å². The Kier molecular flexibility index (Phi) is 3.64. The lowest BCUT2D eigenvalue weighted by Gasteiger charge is -2.32. The van der Waals surface area contributed by atoms with Gasteiger partial charge in [0, 0.05) is 24.7 Å². The first kappa shape index (κ1) is 13.4. The zero-order chi connectivity index (χ0) is 14.0. The fraction of sp³-hybridized carbons (Fsp3) is 0.625. The molecule has 0 unspecified atom stereocenters. The van der Waals surface area contributed by atoms with E-state index in [1.165, 1.54) is 32.1 Å². The SMILES string of the molecule is COc1ncccc1CN1CC2(CCCCC2)CC1=O. The Morgan fingerprint density at radius 1 is 1.35 bits per heavy atom. The molecule has 0 N–H and O–H groups in total. The minimum absolute atomic E-state index is 0.255. The van der Waals surface area contributed by atoms with E-state index < -0.39 is 0 Å². The number of carbonyl (C=O) groups is 1. The van der Waals surface area contributed by atoms with Crippen molar-refractivity contribution in [3.8, 4) is 5.88 Å². The first-order valence-corrected chi connectivity index (χ1v) is 7.48. The average molecular weight is 274 g/mol. The molecule has 2 heterocycles. The molecule has 1 amide bonds. The van der Waals surface area contributed by atoms with E-state index in [2.05, 4.69) is 4.98 Å². The van der Waals surface area contributed by atoms with Gasteiger partial charge in [-0.3, -0.25) is 4.79 Å². The third-order valence-electron chi connectivity index (χ3n) is 4.72. The van der Waals surface area contributed by atoms with Gasteiger partial charge in [0.15, 0.2) is 0 Å². The topological polar surface area (TPSA) is 42.4 Å². The van der Waals surface area contributed by atoms with Crippen LogP contribution in [0.2, 0.25) is 0 Å². The maximum Gasteiger partial charge on any atom is 0.223 e. The lowest BCUT2D eigenvalue weighted by Crippen LogP contribution is -2.29. The predicted octanol–water partition coefficient (Wildman–Crippen LogP) is 2.77. The molecular formula is C16H22N2O2. The Hall–Kier alpha value is -1.58. The molecule has 0 radical (unpaired) electrons. The summed E-state index contributed by atoms with van der Waals surface area (Å²) >= 11 is 0. The number of pyridine rings is 1. The van der Waals surface area contributed by atoms with Crippen molar-refractivity contribution >= 4 is 5.91 Å². The van der Waals surface area contributed by atoms with Gasteiger partial charge in [-0.1, -0.05) is 25.3 Å². The number of ether oxygens (including phenoxy) is 1. The van der Waals surface area contributed by atoms with Crippen LogP contribution in [0.15, 0.2) is 18.3 Å². The van der Waals surface area contributed by atoms with Crippen LogP contribution in [0.5, 0.6) is 5.88 Å². The van der Waals surface area contributed by atoms with E-state index >= 15 is 0 Å². The fourth-order valence-corrected chi connectivity index (χ4v) is 3.70. The minimum atomic E-state index is 0.255. The molecule has 2 aliphatic rings. The smallest absolute Gasteiger partial charge is 0.223 e. The fourth-order valence-electron chi connectivity index (χ4n) is 3.70. The number of likely N-dealkylation sites (tertiary alicyclic amines) is 1. The summed E-state index contributed by atoms with van der Waals surface area (Å²) in [5.41, 5.74) is 1.25. The Morgan fingerprint density at radius 2 is 2.15 bits per heavy atom. The Bertz CT molecular complexity index is 495. The van der Waals surface area contributed by atoms with Gasteiger partial charge >= 0.3 is 0 Å². The van der Waals surface area contributed by atoms with Crippen molar-refractivity contribution < 1.29 is 9.53 Å². The number of hydrogen-bond acceptors (Lipinski definition) is 3. The molecule has 1 aromatic heterocycles. The summed E-state index contributed by atoms with van der Waals surface area (Å²) in [7, 11) is 1.63. The van der Waals surface area contributed by atoms with Crippen molar-refractivity contribution in [1.29, 1.82) is 0 Å². The standard InChI is InChI=1S/C16H22N2O2/c1-20-15-13(6-5-9-17-15)11-18-12-16(10-14(18)19)7-3-2-4-8-16/h5-6,9H,2-4,7-8,10-12H2,1H3. The van der Waals surface area contributed by atoms with Crippen LogP contribution in [0.4, 0.5) is 0 Å². The van der Waals surface area contributed by atoms with Crippen LogP contribution in [-0.2, 0) is 11.3 Å². The van der Waals surface area contributed by atoms with Crippen molar-refractivity contribution in [3.05, 3.63) is 23.9 Å². The number of hydrogen-bond donors (Lipinski definition) is 0. The summed E-state index contributed by atoms with van der Waals surface area (Å²) in [6.07, 6.45) is 8.74. The summed E-state index contributed by atoms with van der Waals surface area (Å²) < 4.78 is 5.28. The van der Waals surface area contributed by atoms with Gasteiger partial charge < -0.3 is 9.64 Å². The monoisotopic (exact) mass is 274 g/mol. The Labute approximate surface area is 120 Å². The lowest BCUT2D eigenvalue weighted by molar-refractivity contribution is -0.128. The van der Waals surface area contributed by atoms with Gasteiger partial charge in [-0.05, 0) is 24.3 Å². The molecule has 1 saturated heterocycles. The van der Waals surface area contributed by atoms with Crippen LogP contribution < -0.4 is 4.74 Å². The molecule has 1 saturated carbocycles. The molecule has 2 fully saturated rings. The van der Waals surface area contributed by atoms with Crippen LogP contribution in [0.3, 0.4) is 0 Å². The third kappa shape index (κ3) is 2.51. The zero-order valence-corrected chi connectivity index (χ0v) is 12.1. The predicted molar refractivity (Wildman–Crippen MR) is 76.3 cm³/mol. The van der Waals surface area contributed by atoms with Crippen molar-refractivity contribution in [3.63, 3.8) is 0 Å². The Balaban J connectivity index is 1.73. The van der Waals surface area contributed by atoms with E-state index in [0.29, 0.717) is 12.4 Å². The van der Waals surface area contributed by atoms with E-state index in [1.807, 2.05) is 17.0 Å². The highest BCUT2D eigenvalue weighted by atomic mass is 16.5. The molecule has 1 aliphatic heterocycles. The minimum Gasteiger partial charge on any atom is -0.481 e. The second kappa shape index (κ2) is 5.43. The lowest BCUT2D eigenvalue weighted by atomic mass is 9.73. The van der Waals surface area contributed by atoms with Crippen LogP contribution in [0.25, 0.3) is 0 Å². The van der Waals surface area contributed by atoms with Gasteiger partial charge in [-0.15, -0.1) is 0 Å². The molecule has 1 aliphatic carbocycles. The number of rotatable bonds is 3. The average Bonchev–Trinajstić information content (AvgIpc) is 2.76. The van der Waals surface area contributed by atoms with Crippen molar-refractivity contribution in [2.75, 3.05) is 13.7 Å². The summed E-state index contributed by atoms with van der Waals surface area (Å²) in [5, 5.41) is 0. The number of carbonyl (C=O) groups excluding carboxylic acids is 1. The molecule has 0 bridgehead atoms. The molecule has 108 valence electrons. The quantitative estimate of drug-likeness (QED) is 0.851. The van der Waals surface area contributed by atoms with E-state index in [1.54, 1.807) is 13.3 Å². The van der Waals surface area contributed by atoms with E-state index in [4.69, 9.17) is 4.74 Å². The summed E-state index contributed by atoms with van der Waals surface area (Å²) in [6.45, 7) is 1.53. The first-order valence-electron chi connectivity index (χ1n) is 7.48. The van der Waals surface area contributed by atoms with Gasteiger partial charge in [0.25, 0.3) is 0 Å². The highest BCUT2D eigenvalue weighted by Crippen LogP contribution is 2.44. The van der Waals surface area contributed by atoms with Crippen LogP contribution >= 0.6 is 0 Å². The molecular weight excluding hydrogens is 252 g/mol. The third-order valence-corrected chi connectivity index (χ3v) is 4.72. The molecule has 0 atom stereocenters. The highest BCUT2D eigenvalue weighted by molar-refractivity contribution is 5.79. The normalized spacial score (nSPS) is 21.4. The molecule has 0 aromatic carbocycles. The second-order valence-corrected chi connectivity index (χ2v) is 6.16. The van der Waals surface area contributed by atoms with E-state index in [0.717, 1.165) is 18.5 Å². The maximum absolute atomic E-state index is 12.3. The van der Waals surface area contributed by atoms with Gasteiger partial charge in [0.05, 0.1) is 13.7 Å². The molecule has 1 spiro atoms. The largest absolute Gasteiger partial charge is 0.481 e. The molecule has 4 nitrogen and oxygen atoms in total. The summed E-state index contributed by atoms with van der Waals surface area (Å²) in [6, 6.07) is 3.89. The number of aromatic nitrogens is 1. The highest BCUT2D eigenvalue weighted by Gasteiger charge is 2.43. The summed E-state index contributed by atoms with van der Waals surface area (Å²) in [4.78, 5) is 18.5. The second-order valence-electron chi connectivity index (χ2n) is 6.16. The Morgan fingerprint density at radius 3 is 2.90 bits per heavy atom. The van der Waals surface area contributed by atoms with Crippen LogP contribution in [0.1, 0.15) is 44.1 Å². The zero-order valence-electron chi connectivity index (χ0n) is 12.1. The van der Waals surface area contributed by atoms with Crippen LogP contribution in [-0.4, -0.2) is 29.4 Å². The van der Waals surface area contributed by atoms with Gasteiger partial charge in [0.2, 0.25) is 11.8 Å². The number of amides is 1. The molecule has 4 heteroatoms. The molecule has 20 heavy (non-hydrogen) atoms. The number of methoxy groups -OCH3 is 1. The molecule has 3 rings (SSSR count). The maximum atomic E-state index is 12.3. The molecule has 1 aromatic rings. The number of nitrogens with zero attached hydrogens (tertiary/aromatic N) is 2. The van der Waals surface area contributed by atoms with Crippen molar-refractivity contribution in [1.82, 2.24) is 9.88 Å². The van der Waals surface area contributed by atoms with Crippen molar-refractivity contribution in [2.24, 2.45) is 5.41 Å². The van der Waals surface area contributed by atoms with Crippen molar-refractivity contribution in [2.45, 2.75) is 45.1 Å². The van der Waals surface area contributed by atoms with E-state index in [-0.39, 0.29) is 11.3 Å².